The van der Waals surface area contributed by atoms with Crippen LogP contribution in [0.2, 0.25) is 0 Å². The van der Waals surface area contributed by atoms with Crippen LogP contribution in [0.15, 0.2) is 59.7 Å². The smallest absolute Gasteiger partial charge is 0.179 e. The van der Waals surface area contributed by atoms with Crippen LogP contribution in [0.1, 0.15) is 20.7 Å². The second kappa shape index (κ2) is 5.09. The minimum absolute atomic E-state index is 0.191. The maximum atomic E-state index is 12.1. The second-order valence-electron chi connectivity index (χ2n) is 4.51. The first-order valence-corrected chi connectivity index (χ1v) is 6.29. The lowest BCUT2D eigenvalue weighted by Gasteiger charge is -2.01. The molecule has 0 saturated heterocycles. The van der Waals surface area contributed by atoms with Gasteiger partial charge in [0.2, 0.25) is 0 Å². The van der Waals surface area contributed by atoms with Crippen molar-refractivity contribution in [3.63, 3.8) is 0 Å². The molecule has 0 amide bonds. The van der Waals surface area contributed by atoms with Crippen molar-refractivity contribution in [2.45, 2.75) is 0 Å². The summed E-state index contributed by atoms with van der Waals surface area (Å²) in [6, 6.07) is 16.2. The molecule has 0 fully saturated rings. The summed E-state index contributed by atoms with van der Waals surface area (Å²) >= 11 is 0. The average Bonchev–Trinajstić information content (AvgIpc) is 2.74. The normalized spacial score (nSPS) is 14.8. The van der Waals surface area contributed by atoms with Crippen molar-refractivity contribution in [3.05, 3.63) is 65.7 Å². The van der Waals surface area contributed by atoms with Gasteiger partial charge in [-0.1, -0.05) is 42.5 Å². The zero-order chi connectivity index (χ0) is 13.9. The first-order valence-electron chi connectivity index (χ1n) is 6.29. The summed E-state index contributed by atoms with van der Waals surface area (Å²) in [5.41, 5.74) is 4.57. The number of nitrogens with one attached hydrogen (secondary N) is 1. The molecular weight excluding hydrogens is 252 g/mol. The lowest BCUT2D eigenvalue weighted by Crippen LogP contribution is -2.17. The molecule has 98 valence electrons. The second-order valence-corrected chi connectivity index (χ2v) is 4.51. The number of benzene rings is 2. The number of hydrogen-bond donors (Lipinski definition) is 1. The van der Waals surface area contributed by atoms with E-state index in [1.807, 2.05) is 30.3 Å². The van der Waals surface area contributed by atoms with E-state index in [1.54, 1.807) is 24.3 Å². The number of nitrogens with zero attached hydrogens (tertiary/aromatic N) is 1. The SMILES string of the molecule is O=C1c2ccccc2C(=O)C1/C=N/Nc1ccccc1. The molecule has 0 radical (unpaired) electrons. The van der Waals surface area contributed by atoms with Gasteiger partial charge in [0, 0.05) is 17.3 Å². The van der Waals surface area contributed by atoms with E-state index >= 15 is 0 Å². The fourth-order valence-corrected chi connectivity index (χ4v) is 2.20. The molecule has 4 nitrogen and oxygen atoms in total. The first-order chi connectivity index (χ1) is 9.77. The van der Waals surface area contributed by atoms with Gasteiger partial charge in [0.1, 0.15) is 5.92 Å². The number of rotatable bonds is 3. The minimum Gasteiger partial charge on any atom is -0.293 e. The number of carbonyl (C=O) groups is 2. The molecule has 20 heavy (non-hydrogen) atoms. The van der Waals surface area contributed by atoms with E-state index in [0.29, 0.717) is 11.1 Å². The van der Waals surface area contributed by atoms with Crippen LogP contribution in [-0.4, -0.2) is 17.8 Å². The van der Waals surface area contributed by atoms with Crippen LogP contribution in [-0.2, 0) is 0 Å². The quantitative estimate of drug-likeness (QED) is 0.527. The minimum atomic E-state index is -0.816. The van der Waals surface area contributed by atoms with Crippen molar-refractivity contribution in [3.8, 4) is 0 Å². The Kier molecular flexibility index (Phi) is 3.13. The van der Waals surface area contributed by atoms with Gasteiger partial charge in [-0.05, 0) is 12.1 Å². The number of Topliss-reactive ketones (excluding diaryl/α,β-unsaturated/α-hetero) is 2. The van der Waals surface area contributed by atoms with Gasteiger partial charge in [0.05, 0.1) is 5.69 Å². The van der Waals surface area contributed by atoms with E-state index in [-0.39, 0.29) is 11.6 Å². The van der Waals surface area contributed by atoms with E-state index < -0.39 is 5.92 Å². The number of carbonyl (C=O) groups excluding carboxylic acids is 2. The van der Waals surface area contributed by atoms with E-state index in [0.717, 1.165) is 5.69 Å². The summed E-state index contributed by atoms with van der Waals surface area (Å²) in [5, 5.41) is 3.99. The van der Waals surface area contributed by atoms with E-state index in [2.05, 4.69) is 10.5 Å². The molecule has 0 spiro atoms. The van der Waals surface area contributed by atoms with Gasteiger partial charge in [-0.25, -0.2) is 0 Å². The van der Waals surface area contributed by atoms with Crippen molar-refractivity contribution >= 4 is 23.5 Å². The Bertz CT molecular complexity index is 658. The maximum absolute atomic E-state index is 12.1. The van der Waals surface area contributed by atoms with Crippen LogP contribution in [0.25, 0.3) is 0 Å². The number of fused-ring (bicyclic) bond motifs is 1. The Morgan fingerprint density at radius 3 is 2.00 bits per heavy atom. The van der Waals surface area contributed by atoms with Crippen LogP contribution >= 0.6 is 0 Å². The molecule has 0 aromatic heterocycles. The lowest BCUT2D eigenvalue weighted by atomic mass is 10.1. The summed E-state index contributed by atoms with van der Waals surface area (Å²) in [7, 11) is 0. The van der Waals surface area contributed by atoms with Crippen molar-refractivity contribution in [1.29, 1.82) is 0 Å². The third kappa shape index (κ3) is 2.12. The summed E-state index contributed by atoms with van der Waals surface area (Å²) in [4.78, 5) is 24.2. The zero-order valence-electron chi connectivity index (χ0n) is 10.6. The molecule has 4 heteroatoms. The standard InChI is InChI=1S/C16H12N2O2/c19-15-12-8-4-5-9-13(12)16(20)14(15)10-17-18-11-6-2-1-3-7-11/h1-10,14,18H/b17-10+. The van der Waals surface area contributed by atoms with E-state index in [4.69, 9.17) is 0 Å². The predicted molar refractivity (Wildman–Crippen MR) is 77.1 cm³/mol. The molecule has 1 N–H and O–H groups in total. The van der Waals surface area contributed by atoms with Crippen molar-refractivity contribution in [2.75, 3.05) is 5.43 Å². The molecule has 2 aromatic carbocycles. The van der Waals surface area contributed by atoms with Crippen LogP contribution in [0, 0.1) is 5.92 Å². The highest BCUT2D eigenvalue weighted by Gasteiger charge is 2.36. The fraction of sp³-hybridized carbons (Fsp3) is 0.0625. The van der Waals surface area contributed by atoms with Crippen LogP contribution in [0.5, 0.6) is 0 Å². The van der Waals surface area contributed by atoms with Gasteiger partial charge in [-0.2, -0.15) is 5.10 Å². The summed E-state index contributed by atoms with van der Waals surface area (Å²) in [6.07, 6.45) is 1.37. The molecule has 1 aliphatic rings. The fourth-order valence-electron chi connectivity index (χ4n) is 2.20. The predicted octanol–water partition coefficient (Wildman–Crippen LogP) is 2.78. The van der Waals surface area contributed by atoms with Gasteiger partial charge in [0.25, 0.3) is 0 Å². The third-order valence-electron chi connectivity index (χ3n) is 3.21. The van der Waals surface area contributed by atoms with Crippen LogP contribution in [0.3, 0.4) is 0 Å². The highest BCUT2D eigenvalue weighted by atomic mass is 16.2. The average molecular weight is 264 g/mol. The topological polar surface area (TPSA) is 58.5 Å². The first kappa shape index (κ1) is 12.3. The highest BCUT2D eigenvalue weighted by Crippen LogP contribution is 2.25. The molecule has 1 aliphatic carbocycles. The van der Waals surface area contributed by atoms with Gasteiger partial charge >= 0.3 is 0 Å². The maximum Gasteiger partial charge on any atom is 0.179 e. The van der Waals surface area contributed by atoms with Crippen LogP contribution < -0.4 is 5.43 Å². The van der Waals surface area contributed by atoms with Crippen molar-refractivity contribution in [2.24, 2.45) is 11.0 Å². The third-order valence-corrected chi connectivity index (χ3v) is 3.21. The molecule has 0 heterocycles. The Morgan fingerprint density at radius 1 is 0.850 bits per heavy atom. The van der Waals surface area contributed by atoms with E-state index in [1.165, 1.54) is 6.21 Å². The Labute approximate surface area is 116 Å². The van der Waals surface area contributed by atoms with Gasteiger partial charge in [-0.3, -0.25) is 15.0 Å². The number of hydrazone groups is 1. The van der Waals surface area contributed by atoms with Gasteiger partial charge < -0.3 is 0 Å². The van der Waals surface area contributed by atoms with Crippen molar-refractivity contribution < 1.29 is 9.59 Å². The number of ketones is 2. The number of para-hydroxylation sites is 1. The molecule has 0 aliphatic heterocycles. The highest BCUT2D eigenvalue weighted by molar-refractivity contribution is 6.33. The Balaban J connectivity index is 1.77. The Hall–Kier alpha value is -2.75. The number of hydrogen-bond acceptors (Lipinski definition) is 4. The molecular formula is C16H12N2O2. The largest absolute Gasteiger partial charge is 0.293 e. The molecule has 2 aromatic rings. The summed E-state index contributed by atoms with van der Waals surface area (Å²) in [6.45, 7) is 0. The monoisotopic (exact) mass is 264 g/mol. The molecule has 3 rings (SSSR count). The molecule has 0 saturated carbocycles. The van der Waals surface area contributed by atoms with Gasteiger partial charge in [-0.15, -0.1) is 0 Å². The Morgan fingerprint density at radius 2 is 1.40 bits per heavy atom. The molecule has 0 atom stereocenters. The molecule has 0 unspecified atom stereocenters. The van der Waals surface area contributed by atoms with Crippen molar-refractivity contribution in [1.82, 2.24) is 0 Å². The van der Waals surface area contributed by atoms with Crippen LogP contribution in [0.4, 0.5) is 5.69 Å². The summed E-state index contributed by atoms with van der Waals surface area (Å²) in [5.74, 6) is -1.20. The number of anilines is 1. The molecule has 0 bridgehead atoms. The summed E-state index contributed by atoms with van der Waals surface area (Å²) < 4.78 is 0. The lowest BCUT2D eigenvalue weighted by molar-refractivity contribution is 0.0886. The zero-order valence-corrected chi connectivity index (χ0v) is 10.6. The van der Waals surface area contributed by atoms with E-state index in [9.17, 15) is 9.59 Å². The van der Waals surface area contributed by atoms with Gasteiger partial charge in [0.15, 0.2) is 11.6 Å².